The lowest BCUT2D eigenvalue weighted by atomic mass is 10.1. The zero-order valence-electron chi connectivity index (χ0n) is 24.3. The van der Waals surface area contributed by atoms with Gasteiger partial charge in [-0.25, -0.2) is 9.97 Å². The second-order valence-corrected chi connectivity index (χ2v) is 10.1. The van der Waals surface area contributed by atoms with Crippen molar-refractivity contribution in [2.24, 2.45) is 7.05 Å². The molecule has 3 aromatic heterocycles. The van der Waals surface area contributed by atoms with Gasteiger partial charge in [-0.15, -0.1) is 0 Å². The largest absolute Gasteiger partial charge is 0.494 e. The number of para-hydroxylation sites is 1. The van der Waals surface area contributed by atoms with Crippen molar-refractivity contribution in [1.29, 1.82) is 5.26 Å². The number of anilines is 4. The van der Waals surface area contributed by atoms with E-state index < -0.39 is 5.91 Å². The number of rotatable bonds is 8. The third-order valence-corrected chi connectivity index (χ3v) is 7.34. The second kappa shape index (κ2) is 12.6. The maximum atomic E-state index is 13.4. The zero-order chi connectivity index (χ0) is 30.5. The number of hydrogen-bond donors (Lipinski definition) is 2. The number of amides is 1. The molecule has 0 saturated carbocycles. The Labute approximate surface area is 254 Å². The number of aromatic nitrogens is 4. The van der Waals surface area contributed by atoms with Crippen LogP contribution in [0.3, 0.4) is 0 Å². The molecule has 0 unspecified atom stereocenters. The molecule has 44 heavy (non-hydrogen) atoms. The first-order valence-electron chi connectivity index (χ1n) is 14.1. The van der Waals surface area contributed by atoms with Crippen LogP contribution < -0.4 is 20.3 Å². The molecule has 0 spiro atoms. The van der Waals surface area contributed by atoms with Crippen LogP contribution in [0.1, 0.15) is 5.69 Å². The van der Waals surface area contributed by atoms with Crippen LogP contribution in [-0.4, -0.2) is 58.8 Å². The predicted octanol–water partition coefficient (Wildman–Crippen LogP) is 5.16. The number of fused-ring (bicyclic) bond motifs is 1. The monoisotopic (exact) mass is 586 g/mol. The number of morpholine rings is 1. The lowest BCUT2D eigenvalue weighted by molar-refractivity contribution is -0.112. The molecule has 1 amide bonds. The Balaban J connectivity index is 1.36. The summed E-state index contributed by atoms with van der Waals surface area (Å²) in [6.07, 6.45) is 6.81. The van der Waals surface area contributed by atoms with Gasteiger partial charge in [-0.3, -0.25) is 9.78 Å². The number of ether oxygens (including phenoxy) is 2. The summed E-state index contributed by atoms with van der Waals surface area (Å²) in [7, 11) is 3.59. The molecule has 1 aliphatic heterocycles. The Bertz CT molecular complexity index is 1890. The van der Waals surface area contributed by atoms with Crippen molar-refractivity contribution in [2.75, 3.05) is 48.9 Å². The fraction of sp³-hybridized carbons (Fsp3) is 0.182. The number of carbonyl (C=O) groups is 1. The first-order chi connectivity index (χ1) is 21.5. The number of hydrogen-bond acceptors (Lipinski definition) is 9. The van der Waals surface area contributed by atoms with Crippen molar-refractivity contribution in [3.05, 3.63) is 90.5 Å². The molecule has 2 aromatic carbocycles. The van der Waals surface area contributed by atoms with Gasteiger partial charge in [0.25, 0.3) is 5.91 Å². The highest BCUT2D eigenvalue weighted by molar-refractivity contribution is 6.11. The van der Waals surface area contributed by atoms with Gasteiger partial charge in [0.05, 0.1) is 48.8 Å². The molecule has 11 nitrogen and oxygen atoms in total. The number of carbonyl (C=O) groups excluding carboxylic acids is 1. The van der Waals surface area contributed by atoms with Crippen LogP contribution in [0.2, 0.25) is 0 Å². The van der Waals surface area contributed by atoms with Crippen LogP contribution >= 0.6 is 0 Å². The smallest absolute Gasteiger partial charge is 0.266 e. The molecule has 0 atom stereocenters. The number of pyridine rings is 1. The average Bonchev–Trinajstić information content (AvgIpc) is 3.41. The molecule has 6 rings (SSSR count). The van der Waals surface area contributed by atoms with E-state index in [1.165, 1.54) is 6.08 Å². The van der Waals surface area contributed by atoms with Crippen LogP contribution in [0.4, 0.5) is 23.0 Å². The average molecular weight is 587 g/mol. The van der Waals surface area contributed by atoms with Crippen LogP contribution in [0.5, 0.6) is 5.75 Å². The van der Waals surface area contributed by atoms with E-state index in [0.717, 1.165) is 27.8 Å². The van der Waals surface area contributed by atoms with Gasteiger partial charge < -0.3 is 29.6 Å². The van der Waals surface area contributed by atoms with E-state index in [9.17, 15) is 10.1 Å². The Kier molecular flexibility index (Phi) is 8.16. The number of methoxy groups -OCH3 is 1. The minimum Gasteiger partial charge on any atom is -0.494 e. The van der Waals surface area contributed by atoms with Gasteiger partial charge in [-0.1, -0.05) is 24.3 Å². The van der Waals surface area contributed by atoms with Gasteiger partial charge in [0.1, 0.15) is 17.4 Å². The SMILES string of the molecule is COc1cc(N2CCOCC2)c(NC(=O)C(C#N)=Cc2ccccn2)cc1Nc1nccc(-c2cn(C)c3ccccc23)n1. The van der Waals surface area contributed by atoms with Gasteiger partial charge in [-0.2, -0.15) is 5.26 Å². The minimum atomic E-state index is -0.557. The minimum absolute atomic E-state index is 0.0759. The molecule has 1 aliphatic rings. The summed E-state index contributed by atoms with van der Waals surface area (Å²) < 4.78 is 13.4. The third-order valence-electron chi connectivity index (χ3n) is 7.34. The topological polar surface area (TPSA) is 130 Å². The molecule has 0 bridgehead atoms. The molecule has 0 radical (unpaired) electrons. The fourth-order valence-electron chi connectivity index (χ4n) is 5.18. The van der Waals surface area contributed by atoms with E-state index >= 15 is 0 Å². The quantitative estimate of drug-likeness (QED) is 0.187. The summed E-state index contributed by atoms with van der Waals surface area (Å²) in [6, 6.07) is 20.9. The van der Waals surface area contributed by atoms with E-state index in [0.29, 0.717) is 55.1 Å². The van der Waals surface area contributed by atoms with Crippen LogP contribution in [-0.2, 0) is 16.6 Å². The standard InChI is InChI=1S/C33H30N8O3/c1-40-21-25(24-8-3-4-9-29(24)40)26-10-12-36-33(38-26)39-28-18-27(30(19-31(28)43-2)41-13-15-44-16-14-41)37-32(42)22(20-34)17-23-7-5-6-11-35-23/h3-12,17-19,21H,13-16H2,1-2H3,(H,37,42)(H,36,38,39). The van der Waals surface area contributed by atoms with Gasteiger partial charge in [0, 0.05) is 61.3 Å². The predicted molar refractivity (Wildman–Crippen MR) is 170 cm³/mol. The highest BCUT2D eigenvalue weighted by Crippen LogP contribution is 2.39. The van der Waals surface area contributed by atoms with Crippen molar-refractivity contribution >= 4 is 45.9 Å². The summed E-state index contributed by atoms with van der Waals surface area (Å²) >= 11 is 0. The summed E-state index contributed by atoms with van der Waals surface area (Å²) in [6.45, 7) is 2.36. The molecule has 0 aliphatic carbocycles. The molecule has 1 fully saturated rings. The number of nitrogens with zero attached hydrogens (tertiary/aromatic N) is 6. The number of nitriles is 1. The van der Waals surface area contributed by atoms with Crippen molar-refractivity contribution in [3.8, 4) is 23.1 Å². The molecule has 2 N–H and O–H groups in total. The van der Waals surface area contributed by atoms with E-state index in [1.54, 1.807) is 43.8 Å². The van der Waals surface area contributed by atoms with E-state index in [-0.39, 0.29) is 5.57 Å². The highest BCUT2D eigenvalue weighted by Gasteiger charge is 2.22. The normalized spacial score (nSPS) is 13.4. The van der Waals surface area contributed by atoms with Crippen molar-refractivity contribution in [2.45, 2.75) is 0 Å². The molecule has 11 heteroatoms. The maximum absolute atomic E-state index is 13.4. The maximum Gasteiger partial charge on any atom is 0.266 e. The molecule has 5 aromatic rings. The number of nitrogens with one attached hydrogen (secondary N) is 2. The lowest BCUT2D eigenvalue weighted by Crippen LogP contribution is -2.36. The summed E-state index contributed by atoms with van der Waals surface area (Å²) in [5, 5.41) is 17.1. The summed E-state index contributed by atoms with van der Waals surface area (Å²) in [5.74, 6) is 0.337. The fourth-order valence-corrected chi connectivity index (χ4v) is 5.18. The molecular formula is C33H30N8O3. The molecule has 220 valence electrons. The first-order valence-corrected chi connectivity index (χ1v) is 14.1. The summed E-state index contributed by atoms with van der Waals surface area (Å²) in [5.41, 5.74) is 5.06. The van der Waals surface area contributed by atoms with Gasteiger partial charge >= 0.3 is 0 Å². The second-order valence-electron chi connectivity index (χ2n) is 10.1. The number of benzene rings is 2. The lowest BCUT2D eigenvalue weighted by Gasteiger charge is -2.31. The molecule has 4 heterocycles. The Morgan fingerprint density at radius 1 is 1.05 bits per heavy atom. The van der Waals surface area contributed by atoms with Gasteiger partial charge in [0.15, 0.2) is 0 Å². The van der Waals surface area contributed by atoms with Crippen LogP contribution in [0.15, 0.2) is 84.8 Å². The van der Waals surface area contributed by atoms with Gasteiger partial charge in [-0.05, 0) is 36.4 Å². The first kappa shape index (κ1) is 28.4. The third kappa shape index (κ3) is 5.92. The molecular weight excluding hydrogens is 556 g/mol. The highest BCUT2D eigenvalue weighted by atomic mass is 16.5. The van der Waals surface area contributed by atoms with Crippen LogP contribution in [0.25, 0.3) is 28.2 Å². The van der Waals surface area contributed by atoms with E-state index in [4.69, 9.17) is 14.5 Å². The number of aryl methyl sites for hydroxylation is 1. The Hall–Kier alpha value is -5.73. The van der Waals surface area contributed by atoms with Gasteiger partial charge in [0.2, 0.25) is 5.95 Å². The van der Waals surface area contributed by atoms with Crippen LogP contribution in [0, 0.1) is 11.3 Å². The zero-order valence-corrected chi connectivity index (χ0v) is 24.3. The van der Waals surface area contributed by atoms with E-state index in [1.807, 2.05) is 43.6 Å². The Morgan fingerprint density at radius 2 is 1.86 bits per heavy atom. The van der Waals surface area contributed by atoms with E-state index in [2.05, 4.69) is 42.2 Å². The van der Waals surface area contributed by atoms with Crippen molar-refractivity contribution < 1.29 is 14.3 Å². The van der Waals surface area contributed by atoms with Crippen molar-refractivity contribution in [3.63, 3.8) is 0 Å². The molecule has 1 saturated heterocycles. The summed E-state index contributed by atoms with van der Waals surface area (Å²) in [4.78, 5) is 28.9. The Morgan fingerprint density at radius 3 is 2.64 bits per heavy atom. The van der Waals surface area contributed by atoms with Crippen molar-refractivity contribution in [1.82, 2.24) is 19.5 Å².